The number of furan rings is 1. The van der Waals surface area contributed by atoms with E-state index in [1.807, 2.05) is 37.3 Å². The molecule has 17 heavy (non-hydrogen) atoms. The van der Waals surface area contributed by atoms with Crippen molar-refractivity contribution in [2.45, 2.75) is 20.4 Å². The quantitative estimate of drug-likeness (QED) is 0.853. The average molecular weight is 231 g/mol. The molecule has 0 amide bonds. The van der Waals surface area contributed by atoms with E-state index in [0.717, 1.165) is 17.2 Å². The van der Waals surface area contributed by atoms with E-state index in [1.54, 1.807) is 6.26 Å². The standard InChI is InChI=1S/C14H17NO2/c1-3-16-12-6-7-14(11(2)9-12)15-10-13-5-4-8-17-13/h4-9,15H,3,10H2,1-2H3. The number of hydrogen-bond acceptors (Lipinski definition) is 3. The van der Waals surface area contributed by atoms with Crippen molar-refractivity contribution < 1.29 is 9.15 Å². The summed E-state index contributed by atoms with van der Waals surface area (Å²) in [5.74, 6) is 1.84. The van der Waals surface area contributed by atoms with Gasteiger partial charge >= 0.3 is 0 Å². The first-order valence-electron chi connectivity index (χ1n) is 5.79. The Morgan fingerprint density at radius 2 is 2.18 bits per heavy atom. The summed E-state index contributed by atoms with van der Waals surface area (Å²) in [4.78, 5) is 0. The molecule has 1 aromatic heterocycles. The predicted octanol–water partition coefficient (Wildman–Crippen LogP) is 3.60. The molecule has 1 N–H and O–H groups in total. The Bertz CT molecular complexity index is 463. The molecule has 0 spiro atoms. The van der Waals surface area contributed by atoms with Gasteiger partial charge in [-0.2, -0.15) is 0 Å². The van der Waals surface area contributed by atoms with Crippen molar-refractivity contribution in [3.05, 3.63) is 47.9 Å². The maximum absolute atomic E-state index is 5.45. The van der Waals surface area contributed by atoms with Gasteiger partial charge in [-0.15, -0.1) is 0 Å². The Labute approximate surface area is 101 Å². The second kappa shape index (κ2) is 5.43. The fourth-order valence-corrected chi connectivity index (χ4v) is 1.69. The molecule has 0 aliphatic rings. The monoisotopic (exact) mass is 231 g/mol. The molecule has 2 rings (SSSR count). The van der Waals surface area contributed by atoms with Crippen LogP contribution in [0.25, 0.3) is 0 Å². The van der Waals surface area contributed by atoms with Gasteiger partial charge in [0.25, 0.3) is 0 Å². The van der Waals surface area contributed by atoms with Crippen LogP contribution in [0.4, 0.5) is 5.69 Å². The maximum Gasteiger partial charge on any atom is 0.122 e. The lowest BCUT2D eigenvalue weighted by Gasteiger charge is -2.10. The fraction of sp³-hybridized carbons (Fsp3) is 0.286. The Kier molecular flexibility index (Phi) is 3.70. The number of aryl methyl sites for hydroxylation is 1. The molecule has 0 aliphatic carbocycles. The molecule has 0 bridgehead atoms. The van der Waals surface area contributed by atoms with Gasteiger partial charge in [0.1, 0.15) is 11.5 Å². The Morgan fingerprint density at radius 3 is 2.82 bits per heavy atom. The number of rotatable bonds is 5. The highest BCUT2D eigenvalue weighted by atomic mass is 16.5. The van der Waals surface area contributed by atoms with Crippen molar-refractivity contribution >= 4 is 5.69 Å². The molecule has 0 saturated carbocycles. The van der Waals surface area contributed by atoms with Gasteiger partial charge in [0, 0.05) is 5.69 Å². The summed E-state index contributed by atoms with van der Waals surface area (Å²) >= 11 is 0. The molecule has 0 atom stereocenters. The molecule has 0 radical (unpaired) electrons. The number of anilines is 1. The van der Waals surface area contributed by atoms with Crippen molar-refractivity contribution in [1.29, 1.82) is 0 Å². The van der Waals surface area contributed by atoms with E-state index in [9.17, 15) is 0 Å². The van der Waals surface area contributed by atoms with E-state index >= 15 is 0 Å². The molecule has 2 aromatic rings. The number of hydrogen-bond donors (Lipinski definition) is 1. The number of nitrogens with one attached hydrogen (secondary N) is 1. The minimum atomic E-state index is 0.693. The predicted molar refractivity (Wildman–Crippen MR) is 68.4 cm³/mol. The smallest absolute Gasteiger partial charge is 0.122 e. The first kappa shape index (κ1) is 11.6. The van der Waals surface area contributed by atoms with Gasteiger partial charge in [0.15, 0.2) is 0 Å². The molecule has 1 aromatic carbocycles. The van der Waals surface area contributed by atoms with Crippen LogP contribution in [0.15, 0.2) is 41.0 Å². The molecule has 90 valence electrons. The van der Waals surface area contributed by atoms with Crippen LogP contribution < -0.4 is 10.1 Å². The van der Waals surface area contributed by atoms with Gasteiger partial charge in [0.2, 0.25) is 0 Å². The fourth-order valence-electron chi connectivity index (χ4n) is 1.69. The zero-order valence-corrected chi connectivity index (χ0v) is 10.2. The molecule has 0 fully saturated rings. The summed E-state index contributed by atoms with van der Waals surface area (Å²) in [7, 11) is 0. The third-order valence-electron chi connectivity index (χ3n) is 2.54. The number of benzene rings is 1. The topological polar surface area (TPSA) is 34.4 Å². The molecule has 3 nitrogen and oxygen atoms in total. The summed E-state index contributed by atoms with van der Waals surface area (Å²) < 4.78 is 10.7. The highest BCUT2D eigenvalue weighted by molar-refractivity contribution is 5.53. The number of ether oxygens (including phenoxy) is 1. The van der Waals surface area contributed by atoms with E-state index in [4.69, 9.17) is 9.15 Å². The zero-order valence-electron chi connectivity index (χ0n) is 10.2. The van der Waals surface area contributed by atoms with Crippen LogP contribution in [0.3, 0.4) is 0 Å². The van der Waals surface area contributed by atoms with Crippen molar-refractivity contribution in [2.75, 3.05) is 11.9 Å². The Hall–Kier alpha value is -1.90. The van der Waals surface area contributed by atoms with Gasteiger partial charge in [-0.3, -0.25) is 0 Å². The summed E-state index contributed by atoms with van der Waals surface area (Å²) in [6.07, 6.45) is 1.68. The van der Waals surface area contributed by atoms with E-state index in [0.29, 0.717) is 13.2 Å². The van der Waals surface area contributed by atoms with Crippen LogP contribution in [-0.2, 0) is 6.54 Å². The summed E-state index contributed by atoms with van der Waals surface area (Å²) in [5.41, 5.74) is 2.27. The van der Waals surface area contributed by atoms with E-state index in [-0.39, 0.29) is 0 Å². The minimum Gasteiger partial charge on any atom is -0.494 e. The lowest BCUT2D eigenvalue weighted by molar-refractivity contribution is 0.340. The Morgan fingerprint density at radius 1 is 1.29 bits per heavy atom. The molecule has 0 saturated heterocycles. The minimum absolute atomic E-state index is 0.693. The van der Waals surface area contributed by atoms with E-state index in [1.165, 1.54) is 5.56 Å². The molecule has 1 heterocycles. The second-order valence-corrected chi connectivity index (χ2v) is 3.84. The second-order valence-electron chi connectivity index (χ2n) is 3.84. The highest BCUT2D eigenvalue weighted by Gasteiger charge is 2.01. The van der Waals surface area contributed by atoms with Crippen LogP contribution in [0.1, 0.15) is 18.2 Å². The SMILES string of the molecule is CCOc1ccc(NCc2ccco2)c(C)c1. The average Bonchev–Trinajstić information content (AvgIpc) is 2.81. The third kappa shape index (κ3) is 3.03. The van der Waals surface area contributed by atoms with Crippen LogP contribution in [-0.4, -0.2) is 6.61 Å². The molecule has 3 heteroatoms. The molecular formula is C14H17NO2. The maximum atomic E-state index is 5.45. The van der Waals surface area contributed by atoms with Gasteiger partial charge in [-0.25, -0.2) is 0 Å². The molecule has 0 aliphatic heterocycles. The summed E-state index contributed by atoms with van der Waals surface area (Å²) in [6, 6.07) is 9.89. The molecular weight excluding hydrogens is 214 g/mol. The van der Waals surface area contributed by atoms with Gasteiger partial charge in [-0.1, -0.05) is 0 Å². The van der Waals surface area contributed by atoms with Crippen molar-refractivity contribution in [1.82, 2.24) is 0 Å². The third-order valence-corrected chi connectivity index (χ3v) is 2.54. The van der Waals surface area contributed by atoms with E-state index < -0.39 is 0 Å². The summed E-state index contributed by atoms with van der Waals surface area (Å²) in [6.45, 7) is 5.44. The Balaban J connectivity index is 2.01. The lowest BCUT2D eigenvalue weighted by Crippen LogP contribution is -2.00. The van der Waals surface area contributed by atoms with Gasteiger partial charge in [0.05, 0.1) is 19.4 Å². The van der Waals surface area contributed by atoms with Crippen LogP contribution in [0.5, 0.6) is 5.75 Å². The van der Waals surface area contributed by atoms with Crippen molar-refractivity contribution in [3.63, 3.8) is 0 Å². The van der Waals surface area contributed by atoms with Crippen LogP contribution >= 0.6 is 0 Å². The first-order valence-corrected chi connectivity index (χ1v) is 5.79. The van der Waals surface area contributed by atoms with Crippen molar-refractivity contribution in [2.24, 2.45) is 0 Å². The first-order chi connectivity index (χ1) is 8.29. The normalized spacial score (nSPS) is 10.2. The van der Waals surface area contributed by atoms with Crippen molar-refractivity contribution in [3.8, 4) is 5.75 Å². The van der Waals surface area contributed by atoms with Gasteiger partial charge in [-0.05, 0) is 49.7 Å². The zero-order chi connectivity index (χ0) is 12.1. The van der Waals surface area contributed by atoms with Crippen LogP contribution in [0, 0.1) is 6.92 Å². The highest BCUT2D eigenvalue weighted by Crippen LogP contribution is 2.21. The van der Waals surface area contributed by atoms with Gasteiger partial charge < -0.3 is 14.5 Å². The molecule has 0 unspecified atom stereocenters. The summed E-state index contributed by atoms with van der Waals surface area (Å²) in [5, 5.41) is 3.34. The lowest BCUT2D eigenvalue weighted by atomic mass is 10.2. The van der Waals surface area contributed by atoms with Crippen LogP contribution in [0.2, 0.25) is 0 Å². The largest absolute Gasteiger partial charge is 0.494 e. The van der Waals surface area contributed by atoms with E-state index in [2.05, 4.69) is 12.2 Å².